The number of sulfonamides is 1. The van der Waals surface area contributed by atoms with Gasteiger partial charge in [0.05, 0.1) is 4.90 Å². The standard InChI is InChI=1S/C15H24N2O2S/c1-4-13-5-6-14(16)9-15(13)20(18,19)17-8-7-11(2)12(3)10-17/h5-6,9,11-12H,4,7-8,10,16H2,1-3H3. The van der Waals surface area contributed by atoms with Gasteiger partial charge >= 0.3 is 0 Å². The number of rotatable bonds is 3. The van der Waals surface area contributed by atoms with Crippen LogP contribution >= 0.6 is 0 Å². The van der Waals surface area contributed by atoms with Crippen LogP contribution in [0.5, 0.6) is 0 Å². The van der Waals surface area contributed by atoms with E-state index in [-0.39, 0.29) is 0 Å². The highest BCUT2D eigenvalue weighted by Gasteiger charge is 2.32. The van der Waals surface area contributed by atoms with Crippen molar-refractivity contribution in [1.29, 1.82) is 0 Å². The molecule has 2 atom stereocenters. The number of nitrogens with two attached hydrogens (primary N) is 1. The van der Waals surface area contributed by atoms with E-state index in [1.54, 1.807) is 16.4 Å². The normalized spacial score (nSPS) is 24.8. The maximum atomic E-state index is 12.8. The zero-order valence-corrected chi connectivity index (χ0v) is 13.3. The maximum absolute atomic E-state index is 12.8. The number of hydrogen-bond donors (Lipinski definition) is 1. The topological polar surface area (TPSA) is 63.4 Å². The molecule has 0 radical (unpaired) electrons. The predicted octanol–water partition coefficient (Wildman–Crippen LogP) is 2.50. The Morgan fingerprint density at radius 2 is 2.00 bits per heavy atom. The number of anilines is 1. The van der Waals surface area contributed by atoms with Crippen molar-refractivity contribution in [2.75, 3.05) is 18.8 Å². The van der Waals surface area contributed by atoms with Crippen molar-refractivity contribution < 1.29 is 8.42 Å². The lowest BCUT2D eigenvalue weighted by Crippen LogP contribution is -2.42. The van der Waals surface area contributed by atoms with Crippen LogP contribution in [0.15, 0.2) is 23.1 Å². The van der Waals surface area contributed by atoms with E-state index in [1.807, 2.05) is 13.0 Å². The van der Waals surface area contributed by atoms with Gasteiger partial charge in [-0.1, -0.05) is 26.8 Å². The summed E-state index contributed by atoms with van der Waals surface area (Å²) in [6.07, 6.45) is 1.61. The average molecular weight is 296 g/mol. The first-order chi connectivity index (χ1) is 9.36. The van der Waals surface area contributed by atoms with Gasteiger partial charge in [0.1, 0.15) is 0 Å². The van der Waals surface area contributed by atoms with Crippen LogP contribution in [0.2, 0.25) is 0 Å². The third-order valence-corrected chi connectivity index (χ3v) is 6.33. The molecule has 0 bridgehead atoms. The third-order valence-electron chi connectivity index (χ3n) is 4.39. The first-order valence-electron chi connectivity index (χ1n) is 7.24. The molecule has 2 N–H and O–H groups in total. The summed E-state index contributed by atoms with van der Waals surface area (Å²) in [5.74, 6) is 0.970. The Kier molecular flexibility index (Phi) is 4.39. The van der Waals surface area contributed by atoms with Crippen LogP contribution in [0.3, 0.4) is 0 Å². The number of hydrogen-bond acceptors (Lipinski definition) is 3. The minimum atomic E-state index is -3.43. The van der Waals surface area contributed by atoms with E-state index >= 15 is 0 Å². The summed E-state index contributed by atoms with van der Waals surface area (Å²) in [5.41, 5.74) is 7.11. The number of nitrogens with zero attached hydrogens (tertiary/aromatic N) is 1. The molecular weight excluding hydrogens is 272 g/mol. The molecule has 1 heterocycles. The van der Waals surface area contributed by atoms with Crippen LogP contribution in [0.25, 0.3) is 0 Å². The van der Waals surface area contributed by atoms with Gasteiger partial charge in [0, 0.05) is 18.8 Å². The van der Waals surface area contributed by atoms with Gasteiger partial charge in [0.25, 0.3) is 0 Å². The molecule has 2 rings (SSSR count). The van der Waals surface area contributed by atoms with Crippen molar-refractivity contribution in [3.8, 4) is 0 Å². The Morgan fingerprint density at radius 3 is 2.60 bits per heavy atom. The molecule has 2 unspecified atom stereocenters. The van der Waals surface area contributed by atoms with Gasteiger partial charge in [-0.05, 0) is 42.4 Å². The fourth-order valence-electron chi connectivity index (χ4n) is 2.69. The van der Waals surface area contributed by atoms with Gasteiger partial charge < -0.3 is 5.73 Å². The number of benzene rings is 1. The molecule has 1 aromatic rings. The second-order valence-corrected chi connectivity index (χ2v) is 7.73. The smallest absolute Gasteiger partial charge is 0.243 e. The second-order valence-electron chi connectivity index (χ2n) is 5.83. The Bertz CT molecular complexity index is 584. The molecule has 112 valence electrons. The summed E-state index contributed by atoms with van der Waals surface area (Å²) >= 11 is 0. The van der Waals surface area contributed by atoms with Crippen LogP contribution in [0, 0.1) is 11.8 Å². The minimum absolute atomic E-state index is 0.377. The average Bonchev–Trinajstić information content (AvgIpc) is 2.41. The lowest BCUT2D eigenvalue weighted by Gasteiger charge is -2.34. The minimum Gasteiger partial charge on any atom is -0.399 e. The van der Waals surface area contributed by atoms with Crippen molar-refractivity contribution in [1.82, 2.24) is 4.31 Å². The fraction of sp³-hybridized carbons (Fsp3) is 0.600. The van der Waals surface area contributed by atoms with E-state index in [2.05, 4.69) is 13.8 Å². The molecule has 1 aliphatic rings. The van der Waals surface area contributed by atoms with E-state index < -0.39 is 10.0 Å². The molecule has 4 nitrogen and oxygen atoms in total. The van der Waals surface area contributed by atoms with Crippen LogP contribution in [-0.4, -0.2) is 25.8 Å². The predicted molar refractivity (Wildman–Crippen MR) is 81.9 cm³/mol. The summed E-state index contributed by atoms with van der Waals surface area (Å²) in [6.45, 7) is 7.47. The molecule has 1 aliphatic heterocycles. The monoisotopic (exact) mass is 296 g/mol. The van der Waals surface area contributed by atoms with Crippen molar-refractivity contribution in [2.45, 2.75) is 38.5 Å². The van der Waals surface area contributed by atoms with Crippen molar-refractivity contribution >= 4 is 15.7 Å². The zero-order chi connectivity index (χ0) is 14.9. The number of piperidine rings is 1. The van der Waals surface area contributed by atoms with Gasteiger partial charge in [0.2, 0.25) is 10.0 Å². The fourth-order valence-corrected chi connectivity index (χ4v) is 4.57. The van der Waals surface area contributed by atoms with Gasteiger partial charge in [-0.3, -0.25) is 0 Å². The van der Waals surface area contributed by atoms with Crippen molar-refractivity contribution in [3.05, 3.63) is 23.8 Å². The van der Waals surface area contributed by atoms with Gasteiger partial charge in [-0.25, -0.2) is 8.42 Å². The van der Waals surface area contributed by atoms with E-state index in [1.165, 1.54) is 0 Å². The maximum Gasteiger partial charge on any atom is 0.243 e. The molecule has 0 saturated carbocycles. The Balaban J connectivity index is 2.38. The van der Waals surface area contributed by atoms with Gasteiger partial charge in [-0.15, -0.1) is 0 Å². The molecular formula is C15H24N2O2S. The highest BCUT2D eigenvalue weighted by atomic mass is 32.2. The third kappa shape index (κ3) is 2.83. The molecule has 1 fully saturated rings. The molecule has 0 aliphatic carbocycles. The zero-order valence-electron chi connectivity index (χ0n) is 12.5. The van der Waals surface area contributed by atoms with E-state index in [0.717, 1.165) is 12.0 Å². The number of aryl methyl sites for hydroxylation is 1. The molecule has 5 heteroatoms. The summed E-state index contributed by atoms with van der Waals surface area (Å²) in [5, 5.41) is 0. The van der Waals surface area contributed by atoms with Crippen molar-refractivity contribution in [3.63, 3.8) is 0 Å². The molecule has 0 spiro atoms. The molecule has 0 aromatic heterocycles. The lowest BCUT2D eigenvalue weighted by atomic mass is 9.90. The number of nitrogen functional groups attached to an aromatic ring is 1. The molecule has 0 amide bonds. The highest BCUT2D eigenvalue weighted by Crippen LogP contribution is 2.29. The van der Waals surface area contributed by atoms with Crippen LogP contribution in [0.4, 0.5) is 5.69 Å². The highest BCUT2D eigenvalue weighted by molar-refractivity contribution is 7.89. The van der Waals surface area contributed by atoms with Gasteiger partial charge in [0.15, 0.2) is 0 Å². The second kappa shape index (κ2) is 5.74. The summed E-state index contributed by atoms with van der Waals surface area (Å²) < 4.78 is 27.3. The Hall–Kier alpha value is -1.07. The van der Waals surface area contributed by atoms with E-state index in [9.17, 15) is 8.42 Å². The largest absolute Gasteiger partial charge is 0.399 e. The summed E-state index contributed by atoms with van der Waals surface area (Å²) in [4.78, 5) is 0.377. The van der Waals surface area contributed by atoms with Crippen LogP contribution in [0.1, 0.15) is 32.8 Å². The lowest BCUT2D eigenvalue weighted by molar-refractivity contribution is 0.212. The van der Waals surface area contributed by atoms with E-state index in [0.29, 0.717) is 41.9 Å². The first-order valence-corrected chi connectivity index (χ1v) is 8.68. The van der Waals surface area contributed by atoms with Crippen LogP contribution < -0.4 is 5.73 Å². The molecule has 1 saturated heterocycles. The Morgan fingerprint density at radius 1 is 1.30 bits per heavy atom. The summed E-state index contributed by atoms with van der Waals surface area (Å²) in [7, 11) is -3.43. The first kappa shape index (κ1) is 15.3. The quantitative estimate of drug-likeness (QED) is 0.872. The van der Waals surface area contributed by atoms with Crippen molar-refractivity contribution in [2.24, 2.45) is 11.8 Å². The molecule has 20 heavy (non-hydrogen) atoms. The molecule has 1 aromatic carbocycles. The SMILES string of the molecule is CCc1ccc(N)cc1S(=O)(=O)N1CCC(C)C(C)C1. The van der Waals surface area contributed by atoms with Crippen LogP contribution in [-0.2, 0) is 16.4 Å². The Labute approximate surface area is 122 Å². The van der Waals surface area contributed by atoms with Gasteiger partial charge in [-0.2, -0.15) is 4.31 Å². The summed E-state index contributed by atoms with van der Waals surface area (Å²) in [6, 6.07) is 5.17. The van der Waals surface area contributed by atoms with E-state index in [4.69, 9.17) is 5.73 Å².